The van der Waals surface area contributed by atoms with Crippen LogP contribution < -0.4 is 0 Å². The minimum Gasteiger partial charge on any atom is -0.481 e. The van der Waals surface area contributed by atoms with Gasteiger partial charge in [0, 0.05) is 39.0 Å². The van der Waals surface area contributed by atoms with Crippen LogP contribution in [-0.2, 0) is 22.4 Å². The lowest BCUT2D eigenvalue weighted by molar-refractivity contribution is -0.137. The summed E-state index contributed by atoms with van der Waals surface area (Å²) in [6.45, 7) is 0. The maximum absolute atomic E-state index is 13.6. The fraction of sp³-hybridized carbons (Fsp3) is 0.0833. The first-order valence-corrected chi connectivity index (χ1v) is 14.1. The van der Waals surface area contributed by atoms with Crippen LogP contribution in [0, 0.1) is 5.13 Å². The van der Waals surface area contributed by atoms with E-state index in [0.717, 1.165) is 55.9 Å². The summed E-state index contributed by atoms with van der Waals surface area (Å²) in [5, 5.41) is 20.6. The van der Waals surface area contributed by atoms with Gasteiger partial charge in [-0.15, -0.1) is 56.7 Å². The maximum Gasteiger partial charge on any atom is 0.307 e. The third-order valence-electron chi connectivity index (χ3n) is 4.94. The van der Waals surface area contributed by atoms with E-state index in [9.17, 15) is 24.2 Å². The van der Waals surface area contributed by atoms with Crippen molar-refractivity contribution in [1.29, 1.82) is 0 Å². The second-order valence-corrected chi connectivity index (χ2v) is 12.5. The van der Waals surface area contributed by atoms with Gasteiger partial charge >= 0.3 is 11.9 Å². The van der Waals surface area contributed by atoms with E-state index >= 15 is 0 Å². The average Bonchev–Trinajstić information content (AvgIpc) is 3.57. The molecule has 0 atom stereocenters. The molecule has 0 aliphatic heterocycles. The molecule has 10 heteroatoms. The van der Waals surface area contributed by atoms with Gasteiger partial charge in [0.05, 0.1) is 12.8 Å². The second kappa shape index (κ2) is 9.55. The molecule has 0 unspecified atom stereocenters. The van der Waals surface area contributed by atoms with Crippen molar-refractivity contribution in [2.45, 2.75) is 12.8 Å². The molecule has 0 aliphatic carbocycles. The number of thiophene rings is 5. The Morgan fingerprint density at radius 3 is 1.71 bits per heavy atom. The predicted octanol–water partition coefficient (Wildman–Crippen LogP) is 8.06. The molecule has 4 nitrogen and oxygen atoms in total. The topological polar surface area (TPSA) is 74.6 Å². The molecule has 5 aromatic rings. The summed E-state index contributed by atoms with van der Waals surface area (Å²) >= 11 is 7.18. The van der Waals surface area contributed by atoms with Crippen molar-refractivity contribution in [3.05, 3.63) is 70.2 Å². The van der Waals surface area contributed by atoms with Crippen molar-refractivity contribution in [1.82, 2.24) is 0 Å². The van der Waals surface area contributed by atoms with Gasteiger partial charge in [-0.3, -0.25) is 9.59 Å². The van der Waals surface area contributed by atoms with E-state index in [1.165, 1.54) is 28.7 Å². The number of rotatable bonds is 8. The lowest BCUT2D eigenvalue weighted by Gasteiger charge is -1.99. The van der Waals surface area contributed by atoms with Gasteiger partial charge in [0.25, 0.3) is 0 Å². The number of carboxylic acids is 2. The minimum atomic E-state index is -0.928. The number of halogens is 1. The first-order valence-electron chi connectivity index (χ1n) is 9.96. The summed E-state index contributed by atoms with van der Waals surface area (Å²) in [5.41, 5.74) is 1.45. The van der Waals surface area contributed by atoms with Gasteiger partial charge in [-0.05, 0) is 59.0 Å². The van der Waals surface area contributed by atoms with Crippen molar-refractivity contribution >= 4 is 68.6 Å². The Labute approximate surface area is 213 Å². The van der Waals surface area contributed by atoms with Crippen LogP contribution in [0.2, 0.25) is 0 Å². The first-order chi connectivity index (χ1) is 16.4. The van der Waals surface area contributed by atoms with Gasteiger partial charge in [0.1, 0.15) is 0 Å². The van der Waals surface area contributed by atoms with Crippen LogP contribution in [-0.4, -0.2) is 22.2 Å². The van der Waals surface area contributed by atoms with Crippen LogP contribution in [0.25, 0.3) is 39.0 Å². The molecule has 0 fully saturated rings. The Bertz CT molecular complexity index is 1490. The SMILES string of the molecule is O=C(O)Cc1cc(-c2cccs2)sc1-c1ccc(-c2sc(-c3ccc(F)s3)cc2CC(=O)O)s1. The fourth-order valence-corrected chi connectivity index (χ4v) is 8.85. The van der Waals surface area contributed by atoms with Crippen molar-refractivity contribution in [2.24, 2.45) is 0 Å². The van der Waals surface area contributed by atoms with Crippen LogP contribution in [0.15, 0.2) is 53.9 Å². The molecule has 5 rings (SSSR count). The molecular formula is C24H15FO4S5. The third-order valence-corrected chi connectivity index (χ3v) is 10.9. The third kappa shape index (κ3) is 4.77. The second-order valence-electron chi connectivity index (χ2n) is 7.32. The average molecular weight is 547 g/mol. The molecule has 0 bridgehead atoms. The highest BCUT2D eigenvalue weighted by Crippen LogP contribution is 2.47. The molecule has 5 aromatic heterocycles. The molecule has 34 heavy (non-hydrogen) atoms. The predicted molar refractivity (Wildman–Crippen MR) is 140 cm³/mol. The molecule has 2 N–H and O–H groups in total. The molecule has 172 valence electrons. The molecule has 0 spiro atoms. The smallest absolute Gasteiger partial charge is 0.307 e. The summed E-state index contributed by atoms with van der Waals surface area (Å²) < 4.78 is 13.6. The van der Waals surface area contributed by atoms with Crippen LogP contribution >= 0.6 is 56.7 Å². The maximum atomic E-state index is 13.6. The van der Waals surface area contributed by atoms with E-state index in [1.54, 1.807) is 28.7 Å². The van der Waals surface area contributed by atoms with Crippen molar-refractivity contribution < 1.29 is 24.2 Å². The van der Waals surface area contributed by atoms with Crippen LogP contribution in [0.5, 0.6) is 0 Å². The zero-order valence-electron chi connectivity index (χ0n) is 17.2. The molecule has 0 radical (unpaired) electrons. The number of carboxylic acid groups (broad SMARTS) is 2. The highest BCUT2D eigenvalue weighted by molar-refractivity contribution is 7.29. The summed E-state index contributed by atoms with van der Waals surface area (Å²) in [4.78, 5) is 30.3. The quantitative estimate of drug-likeness (QED) is 0.206. The van der Waals surface area contributed by atoms with E-state index in [0.29, 0.717) is 5.56 Å². The van der Waals surface area contributed by atoms with E-state index in [2.05, 4.69) is 0 Å². The standard InChI is InChI=1S/C24H15FO4S5/c25-20-6-5-15(32-20)19-9-13(11-22(28)29)24(34-19)17-4-3-16(31-17)23-12(10-21(26)27)8-18(33-23)14-2-1-7-30-14/h1-9H,10-11H2,(H,26,27)(H,28,29). The number of hydrogen-bond acceptors (Lipinski definition) is 7. The monoisotopic (exact) mass is 546 g/mol. The summed E-state index contributed by atoms with van der Waals surface area (Å²) in [7, 11) is 0. The summed E-state index contributed by atoms with van der Waals surface area (Å²) in [6.07, 6.45) is -0.194. The first kappa shape index (κ1) is 23.1. The summed E-state index contributed by atoms with van der Waals surface area (Å²) in [5.74, 6) is -1.81. The van der Waals surface area contributed by atoms with Gasteiger partial charge in [-0.25, -0.2) is 0 Å². The van der Waals surface area contributed by atoms with Crippen LogP contribution in [0.1, 0.15) is 11.1 Å². The fourth-order valence-electron chi connectivity index (χ4n) is 3.55. The summed E-state index contributed by atoms with van der Waals surface area (Å²) in [6, 6.07) is 14.8. The lowest BCUT2D eigenvalue weighted by atomic mass is 10.1. The Hall–Kier alpha value is -2.63. The van der Waals surface area contributed by atoms with E-state index < -0.39 is 11.9 Å². The van der Waals surface area contributed by atoms with E-state index in [4.69, 9.17) is 0 Å². The Morgan fingerprint density at radius 2 is 1.24 bits per heavy atom. The van der Waals surface area contributed by atoms with Crippen molar-refractivity contribution in [2.75, 3.05) is 0 Å². The van der Waals surface area contributed by atoms with Gasteiger partial charge < -0.3 is 10.2 Å². The molecule has 0 saturated heterocycles. The molecule has 0 aliphatic rings. The zero-order chi connectivity index (χ0) is 23.8. The van der Waals surface area contributed by atoms with Crippen LogP contribution in [0.4, 0.5) is 4.39 Å². The van der Waals surface area contributed by atoms with Crippen LogP contribution in [0.3, 0.4) is 0 Å². The molecule has 0 aromatic carbocycles. The minimum absolute atomic E-state index is 0.0677. The lowest BCUT2D eigenvalue weighted by Crippen LogP contribution is -1.99. The van der Waals surface area contributed by atoms with Gasteiger partial charge in [0.2, 0.25) is 0 Å². The zero-order valence-corrected chi connectivity index (χ0v) is 21.3. The Balaban J connectivity index is 1.56. The molecule has 0 saturated carbocycles. The number of hydrogen-bond donors (Lipinski definition) is 2. The van der Waals surface area contributed by atoms with Crippen molar-refractivity contribution in [3.63, 3.8) is 0 Å². The van der Waals surface area contributed by atoms with Gasteiger partial charge in [0.15, 0.2) is 5.13 Å². The number of carbonyl (C=O) groups is 2. The van der Waals surface area contributed by atoms with E-state index in [1.807, 2.05) is 41.8 Å². The van der Waals surface area contributed by atoms with Gasteiger partial charge in [-0.2, -0.15) is 4.39 Å². The van der Waals surface area contributed by atoms with E-state index in [-0.39, 0.29) is 18.0 Å². The molecule has 0 amide bonds. The Morgan fingerprint density at radius 1 is 0.676 bits per heavy atom. The molecule has 5 heterocycles. The largest absolute Gasteiger partial charge is 0.481 e. The van der Waals surface area contributed by atoms with Crippen molar-refractivity contribution in [3.8, 4) is 39.0 Å². The highest BCUT2D eigenvalue weighted by atomic mass is 32.1. The normalized spacial score (nSPS) is 11.2. The molecular weight excluding hydrogens is 532 g/mol. The highest BCUT2D eigenvalue weighted by Gasteiger charge is 2.20. The van der Waals surface area contributed by atoms with Gasteiger partial charge in [-0.1, -0.05) is 6.07 Å². The Kier molecular flexibility index (Phi) is 6.50. The number of aliphatic carboxylic acids is 2.